The minimum absolute atomic E-state index is 0.0372. The number of nitrogens with zero attached hydrogens (tertiary/aromatic N) is 1. The standard InChI is InChI=1S/C26H28FN3O6S/c1-18(26(32)28-2)30(16-19-4-10-22(35-3)11-5-19)25(31)17-36-23-12-14-24(15-13-23)37(33,34)29-21-8-6-20(27)7-9-21/h4-15,18,29H,16-17H2,1-3H3,(H,28,32). The van der Waals surface area contributed by atoms with E-state index in [1.165, 1.54) is 48.3 Å². The molecule has 3 aromatic carbocycles. The lowest BCUT2D eigenvalue weighted by molar-refractivity contribution is -0.142. The summed E-state index contributed by atoms with van der Waals surface area (Å²) in [7, 11) is -0.860. The fourth-order valence-corrected chi connectivity index (χ4v) is 4.45. The number of hydrogen-bond donors (Lipinski definition) is 2. The Morgan fingerprint density at radius 1 is 0.946 bits per heavy atom. The number of sulfonamides is 1. The molecule has 0 aliphatic carbocycles. The van der Waals surface area contributed by atoms with Gasteiger partial charge in [0.1, 0.15) is 23.4 Å². The predicted octanol–water partition coefficient (Wildman–Crippen LogP) is 3.18. The van der Waals surface area contributed by atoms with Gasteiger partial charge in [-0.05, 0) is 73.2 Å². The number of methoxy groups -OCH3 is 1. The van der Waals surface area contributed by atoms with Gasteiger partial charge in [-0.3, -0.25) is 14.3 Å². The Morgan fingerprint density at radius 2 is 1.54 bits per heavy atom. The van der Waals surface area contributed by atoms with E-state index >= 15 is 0 Å². The second-order valence-electron chi connectivity index (χ2n) is 8.03. The maximum atomic E-state index is 13.1. The van der Waals surface area contributed by atoms with Gasteiger partial charge in [0, 0.05) is 19.3 Å². The summed E-state index contributed by atoms with van der Waals surface area (Å²) in [4.78, 5) is 26.6. The normalized spacial score (nSPS) is 11.8. The van der Waals surface area contributed by atoms with Crippen molar-refractivity contribution in [3.05, 3.63) is 84.2 Å². The third-order valence-electron chi connectivity index (χ3n) is 5.52. The van der Waals surface area contributed by atoms with Crippen molar-refractivity contribution in [3.8, 4) is 11.5 Å². The molecule has 0 saturated heterocycles. The molecule has 3 aromatic rings. The number of nitrogens with one attached hydrogen (secondary N) is 2. The van der Waals surface area contributed by atoms with E-state index < -0.39 is 27.8 Å². The first-order valence-electron chi connectivity index (χ1n) is 11.3. The summed E-state index contributed by atoms with van der Waals surface area (Å²) in [5.41, 5.74) is 1.02. The van der Waals surface area contributed by atoms with E-state index in [0.29, 0.717) is 5.75 Å². The zero-order valence-corrected chi connectivity index (χ0v) is 21.4. The first kappa shape index (κ1) is 27.5. The summed E-state index contributed by atoms with van der Waals surface area (Å²) < 4.78 is 51.3. The number of anilines is 1. The lowest BCUT2D eigenvalue weighted by atomic mass is 10.1. The van der Waals surface area contributed by atoms with Crippen LogP contribution in [0.4, 0.5) is 10.1 Å². The van der Waals surface area contributed by atoms with Gasteiger partial charge in [-0.15, -0.1) is 0 Å². The Kier molecular flexibility index (Phi) is 9.07. The number of amides is 2. The molecule has 196 valence electrons. The van der Waals surface area contributed by atoms with Crippen LogP contribution in [0.5, 0.6) is 11.5 Å². The molecule has 0 bridgehead atoms. The maximum Gasteiger partial charge on any atom is 0.261 e. The van der Waals surface area contributed by atoms with Gasteiger partial charge in [0.15, 0.2) is 6.61 Å². The van der Waals surface area contributed by atoms with Crippen LogP contribution in [0.15, 0.2) is 77.7 Å². The first-order valence-corrected chi connectivity index (χ1v) is 12.8. The number of benzene rings is 3. The van der Waals surface area contributed by atoms with Crippen LogP contribution in [-0.4, -0.2) is 51.9 Å². The molecule has 2 amide bonds. The summed E-state index contributed by atoms with van der Waals surface area (Å²) in [5, 5.41) is 2.54. The monoisotopic (exact) mass is 529 g/mol. The number of halogens is 1. The average molecular weight is 530 g/mol. The van der Waals surface area contributed by atoms with Crippen molar-refractivity contribution in [2.75, 3.05) is 25.5 Å². The van der Waals surface area contributed by atoms with Crippen LogP contribution in [0.2, 0.25) is 0 Å². The van der Waals surface area contributed by atoms with Crippen molar-refractivity contribution in [3.63, 3.8) is 0 Å². The highest BCUT2D eigenvalue weighted by Crippen LogP contribution is 2.20. The largest absolute Gasteiger partial charge is 0.497 e. The number of hydrogen-bond acceptors (Lipinski definition) is 6. The molecule has 11 heteroatoms. The first-order chi connectivity index (χ1) is 17.6. The van der Waals surface area contributed by atoms with Crippen molar-refractivity contribution in [1.29, 1.82) is 0 Å². The SMILES string of the molecule is CNC(=O)C(C)N(Cc1ccc(OC)cc1)C(=O)COc1ccc(S(=O)(=O)Nc2ccc(F)cc2)cc1. The smallest absolute Gasteiger partial charge is 0.261 e. The lowest BCUT2D eigenvalue weighted by Gasteiger charge is -2.28. The van der Waals surface area contributed by atoms with E-state index in [2.05, 4.69) is 10.0 Å². The second-order valence-corrected chi connectivity index (χ2v) is 9.71. The van der Waals surface area contributed by atoms with Gasteiger partial charge in [-0.2, -0.15) is 0 Å². The van der Waals surface area contributed by atoms with Gasteiger partial charge in [-0.25, -0.2) is 12.8 Å². The van der Waals surface area contributed by atoms with Crippen molar-refractivity contribution < 1.29 is 31.9 Å². The van der Waals surface area contributed by atoms with Crippen LogP contribution in [0.25, 0.3) is 0 Å². The molecule has 37 heavy (non-hydrogen) atoms. The predicted molar refractivity (Wildman–Crippen MR) is 136 cm³/mol. The van der Waals surface area contributed by atoms with Crippen molar-refractivity contribution >= 4 is 27.5 Å². The summed E-state index contributed by atoms with van der Waals surface area (Å²) >= 11 is 0. The van der Waals surface area contributed by atoms with Crippen LogP contribution in [-0.2, 0) is 26.2 Å². The van der Waals surface area contributed by atoms with Crippen molar-refractivity contribution in [1.82, 2.24) is 10.2 Å². The summed E-state index contributed by atoms with van der Waals surface area (Å²) in [5.74, 6) is -0.299. The third-order valence-corrected chi connectivity index (χ3v) is 6.92. The molecule has 0 aliphatic heterocycles. The topological polar surface area (TPSA) is 114 Å². The molecule has 0 heterocycles. The van der Waals surface area contributed by atoms with Crippen LogP contribution in [0.1, 0.15) is 12.5 Å². The highest BCUT2D eigenvalue weighted by Gasteiger charge is 2.26. The Bertz CT molecular complexity index is 1310. The van der Waals surface area contributed by atoms with Crippen molar-refractivity contribution in [2.45, 2.75) is 24.4 Å². The Hall–Kier alpha value is -4.12. The minimum Gasteiger partial charge on any atom is -0.497 e. The molecular formula is C26H28FN3O6S. The van der Waals surface area contributed by atoms with E-state index in [1.54, 1.807) is 38.3 Å². The third kappa shape index (κ3) is 7.43. The highest BCUT2D eigenvalue weighted by atomic mass is 32.2. The van der Waals surface area contributed by atoms with Gasteiger partial charge in [0.05, 0.1) is 12.0 Å². The van der Waals surface area contributed by atoms with E-state index in [9.17, 15) is 22.4 Å². The molecule has 1 atom stereocenters. The second kappa shape index (κ2) is 12.2. The Balaban J connectivity index is 1.67. The summed E-state index contributed by atoms with van der Waals surface area (Å²) in [6, 6.07) is 16.8. The molecule has 0 aliphatic rings. The fraction of sp³-hybridized carbons (Fsp3) is 0.231. The quantitative estimate of drug-likeness (QED) is 0.395. The molecule has 1 unspecified atom stereocenters. The maximum absolute atomic E-state index is 13.1. The average Bonchev–Trinajstić information content (AvgIpc) is 2.91. The van der Waals surface area contributed by atoms with Crippen LogP contribution in [0.3, 0.4) is 0 Å². The van der Waals surface area contributed by atoms with Gasteiger partial charge in [0.25, 0.3) is 15.9 Å². The van der Waals surface area contributed by atoms with E-state index in [1.807, 2.05) is 0 Å². The lowest BCUT2D eigenvalue weighted by Crippen LogP contribution is -2.48. The van der Waals surface area contributed by atoms with Gasteiger partial charge >= 0.3 is 0 Å². The van der Waals surface area contributed by atoms with Crippen molar-refractivity contribution in [2.24, 2.45) is 0 Å². The molecule has 9 nitrogen and oxygen atoms in total. The van der Waals surface area contributed by atoms with E-state index in [0.717, 1.165) is 17.7 Å². The molecule has 0 saturated carbocycles. The number of rotatable bonds is 11. The summed E-state index contributed by atoms with van der Waals surface area (Å²) in [6.45, 7) is 1.43. The number of likely N-dealkylation sites (N-methyl/N-ethyl adjacent to an activating group) is 1. The van der Waals surface area contributed by atoms with E-state index in [4.69, 9.17) is 9.47 Å². The molecular weight excluding hydrogens is 501 g/mol. The number of carbonyl (C=O) groups excluding carboxylic acids is 2. The molecule has 2 N–H and O–H groups in total. The fourth-order valence-electron chi connectivity index (χ4n) is 3.39. The number of carbonyl (C=O) groups is 2. The Morgan fingerprint density at radius 3 is 2.11 bits per heavy atom. The van der Waals surface area contributed by atoms with Crippen LogP contribution in [0, 0.1) is 5.82 Å². The van der Waals surface area contributed by atoms with Gasteiger partial charge in [0.2, 0.25) is 5.91 Å². The highest BCUT2D eigenvalue weighted by molar-refractivity contribution is 7.92. The number of ether oxygens (including phenoxy) is 2. The minimum atomic E-state index is -3.91. The molecule has 0 fully saturated rings. The summed E-state index contributed by atoms with van der Waals surface area (Å²) in [6.07, 6.45) is 0. The molecule has 0 radical (unpaired) electrons. The van der Waals surface area contributed by atoms with Crippen LogP contribution < -0.4 is 19.5 Å². The van der Waals surface area contributed by atoms with E-state index in [-0.39, 0.29) is 35.4 Å². The zero-order valence-electron chi connectivity index (χ0n) is 20.6. The van der Waals surface area contributed by atoms with Crippen LogP contribution >= 0.6 is 0 Å². The Labute approximate surface area is 215 Å². The van der Waals surface area contributed by atoms with Gasteiger partial charge in [-0.1, -0.05) is 12.1 Å². The molecule has 3 rings (SSSR count). The zero-order chi connectivity index (χ0) is 27.0. The molecule has 0 aromatic heterocycles. The van der Waals surface area contributed by atoms with Gasteiger partial charge < -0.3 is 19.7 Å². The molecule has 0 spiro atoms.